The Kier molecular flexibility index (Phi) is 7.29. The maximum absolute atomic E-state index is 13.2. The van der Waals surface area contributed by atoms with Gasteiger partial charge in [-0.2, -0.15) is 0 Å². The summed E-state index contributed by atoms with van der Waals surface area (Å²) < 4.78 is 44.6. The molecule has 1 aliphatic heterocycles. The Hall–Kier alpha value is -0.221. The van der Waals surface area contributed by atoms with Crippen LogP contribution in [0.3, 0.4) is 0 Å². The van der Waals surface area contributed by atoms with Crippen LogP contribution >= 0.6 is 0 Å². The van der Waals surface area contributed by atoms with Crippen molar-refractivity contribution in [3.8, 4) is 0 Å². The molecule has 1 aromatic rings. The second-order valence-electron chi connectivity index (χ2n) is 9.62. The maximum atomic E-state index is 13.2. The number of hydrogen-bond acceptors (Lipinski definition) is 3. The Morgan fingerprint density at radius 2 is 1.71 bits per heavy atom. The van der Waals surface area contributed by atoms with Gasteiger partial charge >= 0.3 is 178 Å². The van der Waals surface area contributed by atoms with E-state index in [4.69, 9.17) is 0 Å². The summed E-state index contributed by atoms with van der Waals surface area (Å²) in [5, 5.41) is 0. The van der Waals surface area contributed by atoms with E-state index in [9.17, 15) is 12.6 Å². The Morgan fingerprint density at radius 3 is 2.18 bits per heavy atom. The van der Waals surface area contributed by atoms with E-state index in [0.29, 0.717) is 18.0 Å². The number of aryl methyl sites for hydroxylation is 1. The van der Waals surface area contributed by atoms with E-state index in [2.05, 4.69) is 26.1 Å². The molecular formula is C20H34N2O3S2Sn. The van der Waals surface area contributed by atoms with Crippen LogP contribution in [0.4, 0.5) is 0 Å². The van der Waals surface area contributed by atoms with Crippen LogP contribution in [-0.4, -0.2) is 59.2 Å². The minimum absolute atomic E-state index is 0.0117. The Morgan fingerprint density at radius 1 is 1.18 bits per heavy atom. The molecule has 0 bridgehead atoms. The third-order valence-corrected chi connectivity index (χ3v) is 15.2. The molecule has 3 atom stereocenters. The molecule has 0 spiro atoms. The molecule has 158 valence electrons. The third-order valence-electron chi connectivity index (χ3n) is 5.17. The number of nitrogens with one attached hydrogen (secondary N) is 1. The van der Waals surface area contributed by atoms with Crippen molar-refractivity contribution in [1.82, 2.24) is 9.03 Å². The van der Waals surface area contributed by atoms with E-state index in [-0.39, 0.29) is 12.0 Å². The van der Waals surface area contributed by atoms with Gasteiger partial charge < -0.3 is 0 Å². The van der Waals surface area contributed by atoms with Crippen LogP contribution in [0.25, 0.3) is 0 Å². The van der Waals surface area contributed by atoms with E-state index < -0.39 is 44.1 Å². The molecule has 5 nitrogen and oxygen atoms in total. The fourth-order valence-corrected chi connectivity index (χ4v) is 9.54. The zero-order chi connectivity index (χ0) is 21.5. The van der Waals surface area contributed by atoms with Crippen LogP contribution in [0.5, 0.6) is 0 Å². The Bertz CT molecular complexity index is 853. The predicted molar refractivity (Wildman–Crippen MR) is 121 cm³/mol. The molecule has 1 aromatic carbocycles. The topological polar surface area (TPSA) is 66.5 Å². The van der Waals surface area contributed by atoms with Gasteiger partial charge in [-0.25, -0.2) is 0 Å². The van der Waals surface area contributed by atoms with E-state index in [1.54, 1.807) is 12.1 Å². The van der Waals surface area contributed by atoms with Crippen LogP contribution in [0, 0.1) is 12.8 Å². The van der Waals surface area contributed by atoms with Gasteiger partial charge in [0.1, 0.15) is 0 Å². The van der Waals surface area contributed by atoms with Gasteiger partial charge in [-0.1, -0.05) is 0 Å². The molecule has 1 aliphatic rings. The van der Waals surface area contributed by atoms with Crippen molar-refractivity contribution >= 4 is 39.4 Å². The van der Waals surface area contributed by atoms with Gasteiger partial charge in [0.2, 0.25) is 0 Å². The van der Waals surface area contributed by atoms with E-state index in [1.807, 2.05) is 39.8 Å². The summed E-state index contributed by atoms with van der Waals surface area (Å²) in [4.78, 5) is 7.16. The summed E-state index contributed by atoms with van der Waals surface area (Å²) in [6.07, 6.45) is 0. The monoisotopic (exact) mass is 534 g/mol. The van der Waals surface area contributed by atoms with E-state index in [0.717, 1.165) is 5.56 Å². The van der Waals surface area contributed by atoms with Crippen molar-refractivity contribution in [3.05, 3.63) is 40.0 Å². The number of nitrogens with zero attached hydrogens (tertiary/aromatic N) is 1. The van der Waals surface area contributed by atoms with Gasteiger partial charge in [0, 0.05) is 0 Å². The molecule has 0 radical (unpaired) electrons. The molecule has 1 heterocycles. The number of rotatable bonds is 6. The summed E-state index contributed by atoms with van der Waals surface area (Å²) in [6, 6.07) is 6.76. The summed E-state index contributed by atoms with van der Waals surface area (Å²) >= 11 is -2.48. The minimum atomic E-state index is -3.59. The van der Waals surface area contributed by atoms with Crippen molar-refractivity contribution in [3.63, 3.8) is 0 Å². The quantitative estimate of drug-likeness (QED) is 0.570. The third kappa shape index (κ3) is 5.47. The van der Waals surface area contributed by atoms with Gasteiger partial charge in [-0.05, 0) is 0 Å². The molecule has 28 heavy (non-hydrogen) atoms. The van der Waals surface area contributed by atoms with Crippen molar-refractivity contribution in [2.24, 2.45) is 5.92 Å². The average Bonchev–Trinajstić information content (AvgIpc) is 2.97. The van der Waals surface area contributed by atoms with Crippen LogP contribution in [0.1, 0.15) is 26.3 Å². The van der Waals surface area contributed by atoms with E-state index >= 15 is 0 Å². The molecule has 8 heteroatoms. The van der Waals surface area contributed by atoms with Crippen LogP contribution < -0.4 is 4.72 Å². The van der Waals surface area contributed by atoms with Crippen LogP contribution in [0.2, 0.25) is 14.8 Å². The summed E-state index contributed by atoms with van der Waals surface area (Å²) in [6.45, 7) is 12.7. The second-order valence-corrected chi connectivity index (χ2v) is 28.2. The summed E-state index contributed by atoms with van der Waals surface area (Å²) in [5.74, 6) is -0.0117. The molecule has 2 rings (SSSR count). The van der Waals surface area contributed by atoms with Crippen molar-refractivity contribution in [1.29, 1.82) is 0 Å². The fraction of sp³-hybridized carbons (Fsp3) is 0.600. The molecule has 0 aliphatic carbocycles. The first-order valence-electron chi connectivity index (χ1n) is 9.58. The standard InChI is InChI=1S/C17H25N2O3S2.3CH3.Sn/c1-6-14-11-19(12-16(14)18-23(20)17(3,4)5)24(21,22)15-9-7-13(2)8-10-15;;;;/h7-10,14,16,18H,1,11-12H2,2-5H3;3*1H3;/t14-,16+,23?;;;;/m1..../s1. The zero-order valence-corrected chi connectivity index (χ0v) is 22.6. The molecule has 1 N–H and O–H groups in total. The number of benzene rings is 1. The van der Waals surface area contributed by atoms with Gasteiger partial charge in [0.25, 0.3) is 0 Å². The number of hydrogen-bond donors (Lipinski definition) is 1. The SMILES string of the molecule is C=[C]([C@@H]1CN(S(=O)(=O)c2ccc(C)cc2)C[C@@H]1NS(=O)C(C)(C)C)[Sn]([CH3])([CH3])[CH3]. The average molecular weight is 533 g/mol. The first-order chi connectivity index (χ1) is 12.6. The zero-order valence-electron chi connectivity index (χ0n) is 18.1. The molecule has 0 saturated carbocycles. The fourth-order valence-electron chi connectivity index (χ4n) is 3.17. The van der Waals surface area contributed by atoms with Gasteiger partial charge in [-0.15, -0.1) is 0 Å². The molecule has 1 saturated heterocycles. The van der Waals surface area contributed by atoms with Crippen LogP contribution in [0.15, 0.2) is 39.3 Å². The normalized spacial score (nSPS) is 23.0. The van der Waals surface area contributed by atoms with E-state index in [1.165, 1.54) is 7.89 Å². The van der Waals surface area contributed by atoms with Crippen molar-refractivity contribution < 1.29 is 12.6 Å². The molecule has 1 unspecified atom stereocenters. The predicted octanol–water partition coefficient (Wildman–Crippen LogP) is 3.47. The van der Waals surface area contributed by atoms with Gasteiger partial charge in [0.15, 0.2) is 0 Å². The molecule has 0 aromatic heterocycles. The van der Waals surface area contributed by atoms with Crippen LogP contribution in [-0.2, 0) is 21.0 Å². The number of sulfonamides is 1. The van der Waals surface area contributed by atoms with Crippen molar-refractivity contribution in [2.75, 3.05) is 13.1 Å². The summed E-state index contributed by atoms with van der Waals surface area (Å²) in [5.41, 5.74) is 1.02. The molecular weight excluding hydrogens is 499 g/mol. The Balaban J connectivity index is 2.35. The first kappa shape index (κ1) is 24.1. The Labute approximate surface area is 177 Å². The second kappa shape index (κ2) is 8.49. The van der Waals surface area contributed by atoms with Gasteiger partial charge in [0.05, 0.1) is 0 Å². The van der Waals surface area contributed by atoms with Crippen molar-refractivity contribution in [2.45, 2.75) is 58.2 Å². The first-order valence-corrected chi connectivity index (χ1v) is 22.2. The molecule has 0 amide bonds. The van der Waals surface area contributed by atoms with Gasteiger partial charge in [-0.3, -0.25) is 0 Å². The molecule has 1 fully saturated rings. The summed E-state index contributed by atoms with van der Waals surface area (Å²) in [7, 11) is -4.86.